The lowest BCUT2D eigenvalue weighted by Gasteiger charge is -2.30. The second-order valence-electron chi connectivity index (χ2n) is 9.68. The van der Waals surface area contributed by atoms with Crippen LogP contribution in [-0.4, -0.2) is 22.0 Å². The summed E-state index contributed by atoms with van der Waals surface area (Å²) in [4.78, 5) is 0. The van der Waals surface area contributed by atoms with Crippen molar-refractivity contribution in [1.82, 2.24) is 0 Å². The van der Waals surface area contributed by atoms with Crippen molar-refractivity contribution in [3.63, 3.8) is 0 Å². The molecular weight excluding hydrogens is 372 g/mol. The van der Waals surface area contributed by atoms with E-state index in [0.717, 1.165) is 23.5 Å². The molecule has 0 saturated heterocycles. The number of benzene rings is 2. The molecule has 0 N–H and O–H groups in total. The van der Waals surface area contributed by atoms with Crippen LogP contribution in [0.2, 0.25) is 5.04 Å². The zero-order valence-electron chi connectivity index (χ0n) is 18.3. The summed E-state index contributed by atoms with van der Waals surface area (Å²) in [5.74, 6) is 3.32. The molecule has 3 heteroatoms. The summed E-state index contributed by atoms with van der Waals surface area (Å²) < 4.78 is 11.5. The Bertz CT molecular complexity index is 839. The van der Waals surface area contributed by atoms with Crippen molar-refractivity contribution >= 4 is 19.2 Å². The van der Waals surface area contributed by atoms with Crippen LogP contribution < -0.4 is 15.1 Å². The second kappa shape index (κ2) is 8.02. The van der Waals surface area contributed by atoms with Gasteiger partial charge in [0, 0.05) is 0 Å². The Morgan fingerprint density at radius 3 is 2.07 bits per heavy atom. The molecule has 0 amide bonds. The van der Waals surface area contributed by atoms with Gasteiger partial charge in [-0.15, -0.1) is 0 Å². The summed E-state index contributed by atoms with van der Waals surface area (Å²) in [7, 11) is 0.882. The molecule has 2 unspecified atom stereocenters. The molecule has 0 aromatic heterocycles. The average Bonchev–Trinajstić information content (AvgIpc) is 3.19. The highest BCUT2D eigenvalue weighted by Crippen LogP contribution is 2.61. The van der Waals surface area contributed by atoms with Crippen LogP contribution in [0.25, 0.3) is 0 Å². The fraction of sp³-hybridized carbons (Fsp3) is 0.462. The van der Waals surface area contributed by atoms with Crippen molar-refractivity contribution in [3.05, 3.63) is 66.4 Å². The molecule has 2 aliphatic rings. The minimum atomic E-state index is -0.856. The van der Waals surface area contributed by atoms with Crippen LogP contribution in [0.5, 0.6) is 5.75 Å². The van der Waals surface area contributed by atoms with Crippen LogP contribution in [-0.2, 0) is 4.74 Å². The highest BCUT2D eigenvalue weighted by molar-refractivity contribution is 6.87. The summed E-state index contributed by atoms with van der Waals surface area (Å²) in [6.07, 6.45) is 4.63. The van der Waals surface area contributed by atoms with E-state index in [9.17, 15) is 0 Å². The predicted octanol–water partition coefficient (Wildman–Crippen LogP) is 5.05. The van der Waals surface area contributed by atoms with Crippen LogP contribution in [0.4, 0.5) is 0 Å². The molecule has 2 nitrogen and oxygen atoms in total. The van der Waals surface area contributed by atoms with Gasteiger partial charge in [0.2, 0.25) is 0 Å². The maximum absolute atomic E-state index is 6.35. The topological polar surface area (TPSA) is 18.5 Å². The van der Waals surface area contributed by atoms with E-state index in [1.54, 1.807) is 7.11 Å². The monoisotopic (exact) mass is 405 g/mol. The number of hydrogen-bond donors (Lipinski definition) is 0. The second-order valence-corrected chi connectivity index (χ2v) is 13.1. The maximum Gasteiger partial charge on any atom is 0.126 e. The smallest absolute Gasteiger partial charge is 0.126 e. The van der Waals surface area contributed by atoms with E-state index in [2.05, 4.69) is 82.3 Å². The highest BCUT2D eigenvalue weighted by Gasteiger charge is 2.57. The standard InChI is InChI=1S/C26H33O2Si/c1-18(17-27-5)25-23-15-20(16-24(23)25)28-19-11-13-22(14-12-19)29(26(2,3)4)21-9-7-6-8-10-21/h6-14,17,20,23-25H,15-16H2,1-5H3/b18-17+. The van der Waals surface area contributed by atoms with Gasteiger partial charge in [-0.2, -0.15) is 0 Å². The van der Waals surface area contributed by atoms with E-state index in [-0.39, 0.29) is 5.04 Å². The number of methoxy groups -OCH3 is 1. The molecule has 0 aliphatic heterocycles. The summed E-state index contributed by atoms with van der Waals surface area (Å²) in [5, 5.41) is 3.18. The summed E-state index contributed by atoms with van der Waals surface area (Å²) >= 11 is 0. The quantitative estimate of drug-likeness (QED) is 0.495. The minimum Gasteiger partial charge on any atom is -0.504 e. The Labute approximate surface area is 177 Å². The number of fused-ring (bicyclic) bond motifs is 1. The largest absolute Gasteiger partial charge is 0.504 e. The molecule has 4 rings (SSSR count). The molecule has 2 aromatic carbocycles. The molecule has 0 spiro atoms. The Morgan fingerprint density at radius 2 is 1.52 bits per heavy atom. The molecule has 153 valence electrons. The van der Waals surface area contributed by atoms with Crippen LogP contribution in [0.3, 0.4) is 0 Å². The summed E-state index contributed by atoms with van der Waals surface area (Å²) in [6, 6.07) is 20.0. The molecule has 29 heavy (non-hydrogen) atoms. The van der Waals surface area contributed by atoms with Crippen LogP contribution >= 0.6 is 0 Å². The van der Waals surface area contributed by atoms with Crippen LogP contribution in [0.1, 0.15) is 40.5 Å². The normalized spacial score (nSPS) is 26.3. The number of allylic oxidation sites excluding steroid dienone is 1. The summed E-state index contributed by atoms with van der Waals surface area (Å²) in [6.45, 7) is 9.28. The van der Waals surface area contributed by atoms with Gasteiger partial charge in [-0.25, -0.2) is 0 Å². The van der Waals surface area contributed by atoms with Crippen molar-refractivity contribution in [2.24, 2.45) is 17.8 Å². The zero-order valence-corrected chi connectivity index (χ0v) is 19.3. The first-order valence-electron chi connectivity index (χ1n) is 10.8. The third-order valence-electron chi connectivity index (χ3n) is 6.49. The maximum atomic E-state index is 6.35. The van der Waals surface area contributed by atoms with Gasteiger partial charge in [0.25, 0.3) is 0 Å². The van der Waals surface area contributed by atoms with Gasteiger partial charge in [-0.05, 0) is 60.3 Å². The van der Waals surface area contributed by atoms with E-state index < -0.39 is 8.80 Å². The van der Waals surface area contributed by atoms with Crippen LogP contribution in [0.15, 0.2) is 66.4 Å². The lowest BCUT2D eigenvalue weighted by atomic mass is 10.0. The number of ether oxygens (including phenoxy) is 2. The van der Waals surface area contributed by atoms with Crippen molar-refractivity contribution < 1.29 is 9.47 Å². The SMILES string of the molecule is CO/C=C(\C)C1C2CC(Oc3ccc([Si](c4ccccc4)C(C)(C)C)cc3)CC21. The van der Waals surface area contributed by atoms with E-state index >= 15 is 0 Å². The molecule has 1 radical (unpaired) electrons. The Morgan fingerprint density at radius 1 is 0.931 bits per heavy atom. The Kier molecular flexibility index (Phi) is 5.61. The fourth-order valence-corrected chi connectivity index (χ4v) is 8.45. The van der Waals surface area contributed by atoms with Gasteiger partial charge in [0.15, 0.2) is 0 Å². The Hall–Kier alpha value is -2.00. The van der Waals surface area contributed by atoms with Gasteiger partial charge in [0.05, 0.1) is 19.5 Å². The third kappa shape index (κ3) is 4.30. The van der Waals surface area contributed by atoms with Crippen LogP contribution in [0, 0.1) is 17.8 Å². The predicted molar refractivity (Wildman–Crippen MR) is 123 cm³/mol. The van der Waals surface area contributed by atoms with Gasteiger partial charge < -0.3 is 9.47 Å². The molecule has 2 fully saturated rings. The van der Waals surface area contributed by atoms with Crippen molar-refractivity contribution in [2.45, 2.75) is 51.7 Å². The number of hydrogen-bond acceptors (Lipinski definition) is 2. The highest BCUT2D eigenvalue weighted by atomic mass is 28.3. The zero-order chi connectivity index (χ0) is 20.6. The first kappa shape index (κ1) is 20.3. The first-order chi connectivity index (χ1) is 13.9. The molecule has 0 bridgehead atoms. The van der Waals surface area contributed by atoms with E-state index in [1.165, 1.54) is 28.8 Å². The summed E-state index contributed by atoms with van der Waals surface area (Å²) in [5.41, 5.74) is 1.39. The van der Waals surface area contributed by atoms with Gasteiger partial charge in [-0.3, -0.25) is 0 Å². The minimum absolute atomic E-state index is 0.254. The molecule has 2 atom stereocenters. The Balaban J connectivity index is 1.41. The third-order valence-corrected chi connectivity index (χ3v) is 9.81. The van der Waals surface area contributed by atoms with Gasteiger partial charge in [-0.1, -0.05) is 73.6 Å². The molecule has 2 aliphatic carbocycles. The van der Waals surface area contributed by atoms with Crippen molar-refractivity contribution in [3.8, 4) is 5.75 Å². The average molecular weight is 406 g/mol. The lowest BCUT2D eigenvalue weighted by Crippen LogP contribution is -2.48. The van der Waals surface area contributed by atoms with E-state index in [4.69, 9.17) is 9.47 Å². The molecule has 2 saturated carbocycles. The first-order valence-corrected chi connectivity index (χ1v) is 12.3. The van der Waals surface area contributed by atoms with Gasteiger partial charge >= 0.3 is 0 Å². The molecular formula is C26H33O2Si. The number of rotatable bonds is 6. The molecule has 2 aromatic rings. The van der Waals surface area contributed by atoms with E-state index in [0.29, 0.717) is 6.10 Å². The van der Waals surface area contributed by atoms with Crippen molar-refractivity contribution in [1.29, 1.82) is 0 Å². The lowest BCUT2D eigenvalue weighted by molar-refractivity contribution is 0.189. The fourth-order valence-electron chi connectivity index (χ4n) is 5.36. The van der Waals surface area contributed by atoms with E-state index in [1.807, 2.05) is 6.26 Å². The molecule has 0 heterocycles. The van der Waals surface area contributed by atoms with Gasteiger partial charge in [0.1, 0.15) is 14.5 Å². The van der Waals surface area contributed by atoms with Crippen molar-refractivity contribution in [2.75, 3.05) is 7.11 Å².